The van der Waals surface area contributed by atoms with Crippen molar-refractivity contribution in [2.24, 2.45) is 10.7 Å². The zero-order valence-corrected chi connectivity index (χ0v) is 16.3. The summed E-state index contributed by atoms with van der Waals surface area (Å²) >= 11 is 0. The number of aryl methyl sites for hydroxylation is 1. The summed E-state index contributed by atoms with van der Waals surface area (Å²) in [5.41, 5.74) is 8.01. The van der Waals surface area contributed by atoms with E-state index in [0.717, 1.165) is 12.1 Å². The first-order valence-corrected chi connectivity index (χ1v) is 8.19. The van der Waals surface area contributed by atoms with Gasteiger partial charge in [0, 0.05) is 27.0 Å². The molecule has 120 valence electrons. The Morgan fingerprint density at radius 1 is 1.29 bits per heavy atom. The first kappa shape index (κ1) is 20.4. The lowest BCUT2D eigenvalue weighted by atomic mass is 10.1. The molecule has 1 unspecified atom stereocenters. The Morgan fingerprint density at radius 3 is 2.33 bits per heavy atom. The molecule has 0 fully saturated rings. The Hall–Kier alpha value is -0.630. The van der Waals surface area contributed by atoms with E-state index in [0.29, 0.717) is 18.3 Å². The van der Waals surface area contributed by atoms with Crippen molar-refractivity contribution in [1.29, 1.82) is 0 Å². The molecule has 0 saturated heterocycles. The average Bonchev–Trinajstić information content (AvgIpc) is 2.38. The normalized spacial score (nSPS) is 13.4. The molecule has 21 heavy (non-hydrogen) atoms. The number of hydrogen-bond donors (Lipinski definition) is 2. The molecular formula is C15H26IN3OS. The van der Waals surface area contributed by atoms with Crippen LogP contribution in [-0.4, -0.2) is 27.2 Å². The molecule has 4 nitrogen and oxygen atoms in total. The molecular weight excluding hydrogens is 397 g/mol. The first-order valence-electron chi connectivity index (χ1n) is 6.87. The van der Waals surface area contributed by atoms with Crippen LogP contribution in [0.3, 0.4) is 0 Å². The third-order valence-electron chi connectivity index (χ3n) is 2.88. The minimum absolute atomic E-state index is 0. The third-order valence-corrected chi connectivity index (χ3v) is 4.80. The molecule has 0 spiro atoms. The van der Waals surface area contributed by atoms with Crippen LogP contribution in [0.4, 0.5) is 5.69 Å². The van der Waals surface area contributed by atoms with Gasteiger partial charge in [-0.25, -0.2) is 0 Å². The summed E-state index contributed by atoms with van der Waals surface area (Å²) in [4.78, 5) is 4.21. The maximum Gasteiger partial charge on any atom is 0.193 e. The number of benzene rings is 1. The molecule has 0 heterocycles. The number of rotatable bonds is 5. The van der Waals surface area contributed by atoms with Crippen LogP contribution in [0.5, 0.6) is 0 Å². The minimum Gasteiger partial charge on any atom is -0.370 e. The van der Waals surface area contributed by atoms with Crippen LogP contribution < -0.4 is 11.1 Å². The molecule has 3 N–H and O–H groups in total. The molecule has 1 aromatic carbocycles. The van der Waals surface area contributed by atoms with Gasteiger partial charge in [0.2, 0.25) is 0 Å². The monoisotopic (exact) mass is 423 g/mol. The second-order valence-corrected chi connectivity index (χ2v) is 7.93. The second-order valence-electron chi connectivity index (χ2n) is 5.60. The van der Waals surface area contributed by atoms with Crippen molar-refractivity contribution in [3.8, 4) is 0 Å². The Labute approximate surface area is 147 Å². The number of nitrogens with one attached hydrogen (secondary N) is 1. The summed E-state index contributed by atoms with van der Waals surface area (Å²) in [7, 11) is -0.895. The van der Waals surface area contributed by atoms with E-state index in [1.54, 1.807) is 0 Å². The second kappa shape index (κ2) is 9.40. The quantitative estimate of drug-likeness (QED) is 0.435. The minimum atomic E-state index is -0.895. The third kappa shape index (κ3) is 7.80. The SMILES string of the molecule is CCc1ccc(NC(N)=NCCS(=O)C(C)(C)C)cc1.I. The summed E-state index contributed by atoms with van der Waals surface area (Å²) < 4.78 is 11.7. The molecule has 1 aromatic rings. The van der Waals surface area contributed by atoms with Crippen LogP contribution in [0.1, 0.15) is 33.3 Å². The summed E-state index contributed by atoms with van der Waals surface area (Å²) in [5, 5.41) is 3.03. The maximum atomic E-state index is 11.9. The molecule has 1 rings (SSSR count). The lowest BCUT2D eigenvalue weighted by molar-refractivity contribution is 0.648. The predicted molar refractivity (Wildman–Crippen MR) is 104 cm³/mol. The highest BCUT2D eigenvalue weighted by atomic mass is 127. The van der Waals surface area contributed by atoms with Crippen LogP contribution in [-0.2, 0) is 17.2 Å². The van der Waals surface area contributed by atoms with Crippen LogP contribution in [0, 0.1) is 0 Å². The van der Waals surface area contributed by atoms with E-state index in [1.165, 1.54) is 5.56 Å². The first-order chi connectivity index (χ1) is 9.32. The van der Waals surface area contributed by atoms with Gasteiger partial charge in [-0.15, -0.1) is 24.0 Å². The van der Waals surface area contributed by atoms with Gasteiger partial charge >= 0.3 is 0 Å². The van der Waals surface area contributed by atoms with E-state index in [1.807, 2.05) is 32.9 Å². The molecule has 6 heteroatoms. The van der Waals surface area contributed by atoms with E-state index in [9.17, 15) is 4.21 Å². The van der Waals surface area contributed by atoms with Crippen LogP contribution in [0.15, 0.2) is 29.3 Å². The topological polar surface area (TPSA) is 67.5 Å². The molecule has 0 bridgehead atoms. The number of halogens is 1. The van der Waals surface area contributed by atoms with E-state index >= 15 is 0 Å². The van der Waals surface area contributed by atoms with Crippen molar-refractivity contribution in [2.45, 2.75) is 38.9 Å². The summed E-state index contributed by atoms with van der Waals surface area (Å²) in [6.07, 6.45) is 1.02. The smallest absolute Gasteiger partial charge is 0.193 e. The lowest BCUT2D eigenvalue weighted by Crippen LogP contribution is -2.27. The summed E-state index contributed by atoms with van der Waals surface area (Å²) in [6.45, 7) is 8.47. The fourth-order valence-electron chi connectivity index (χ4n) is 1.57. The zero-order chi connectivity index (χ0) is 15.2. The van der Waals surface area contributed by atoms with Gasteiger partial charge in [0.1, 0.15) is 0 Å². The van der Waals surface area contributed by atoms with Crippen molar-refractivity contribution < 1.29 is 4.21 Å². The van der Waals surface area contributed by atoms with Gasteiger partial charge < -0.3 is 11.1 Å². The predicted octanol–water partition coefficient (Wildman–Crippen LogP) is 3.14. The highest BCUT2D eigenvalue weighted by Crippen LogP contribution is 2.11. The van der Waals surface area contributed by atoms with Gasteiger partial charge in [0.15, 0.2) is 5.96 Å². The Morgan fingerprint density at radius 2 is 1.86 bits per heavy atom. The number of nitrogens with two attached hydrogens (primary N) is 1. The van der Waals surface area contributed by atoms with Crippen LogP contribution in [0.2, 0.25) is 0 Å². The van der Waals surface area contributed by atoms with E-state index in [4.69, 9.17) is 5.73 Å². The Kier molecular flexibility index (Phi) is 9.12. The fraction of sp³-hybridized carbons (Fsp3) is 0.533. The fourth-order valence-corrected chi connectivity index (χ4v) is 2.44. The zero-order valence-electron chi connectivity index (χ0n) is 13.2. The Bertz CT molecular complexity index is 481. The summed E-state index contributed by atoms with van der Waals surface area (Å²) in [6, 6.07) is 8.08. The molecule has 0 aliphatic heterocycles. The maximum absolute atomic E-state index is 11.9. The molecule has 1 atom stereocenters. The number of guanidine groups is 1. The van der Waals surface area contributed by atoms with Gasteiger partial charge in [-0.05, 0) is 44.9 Å². The Balaban J connectivity index is 0.00000400. The van der Waals surface area contributed by atoms with Crippen molar-refractivity contribution >= 4 is 46.4 Å². The molecule has 0 saturated carbocycles. The van der Waals surface area contributed by atoms with Crippen LogP contribution >= 0.6 is 24.0 Å². The molecule has 0 aliphatic rings. The standard InChI is InChI=1S/C15H25N3OS.HI/c1-5-12-6-8-13(9-7-12)18-14(16)17-10-11-20(19)15(2,3)4;/h6-9H,5,10-11H2,1-4H3,(H3,16,17,18);1H. The van der Waals surface area contributed by atoms with Crippen molar-refractivity contribution in [3.05, 3.63) is 29.8 Å². The van der Waals surface area contributed by atoms with Crippen molar-refractivity contribution in [3.63, 3.8) is 0 Å². The summed E-state index contributed by atoms with van der Waals surface area (Å²) in [5.74, 6) is 0.890. The number of hydrogen-bond acceptors (Lipinski definition) is 2. The number of aliphatic imine (C=N–C) groups is 1. The van der Waals surface area contributed by atoms with Gasteiger partial charge in [-0.2, -0.15) is 0 Å². The van der Waals surface area contributed by atoms with Crippen LogP contribution in [0.25, 0.3) is 0 Å². The van der Waals surface area contributed by atoms with Gasteiger partial charge in [-0.1, -0.05) is 19.1 Å². The molecule has 0 radical (unpaired) electrons. The number of nitrogens with zero attached hydrogens (tertiary/aromatic N) is 1. The molecule has 0 aromatic heterocycles. The largest absolute Gasteiger partial charge is 0.370 e. The van der Waals surface area contributed by atoms with Gasteiger partial charge in [0.05, 0.1) is 6.54 Å². The average molecular weight is 423 g/mol. The van der Waals surface area contributed by atoms with Gasteiger partial charge in [0.25, 0.3) is 0 Å². The van der Waals surface area contributed by atoms with E-state index < -0.39 is 10.8 Å². The van der Waals surface area contributed by atoms with E-state index in [2.05, 4.69) is 29.4 Å². The van der Waals surface area contributed by atoms with Crippen molar-refractivity contribution in [1.82, 2.24) is 0 Å². The van der Waals surface area contributed by atoms with E-state index in [-0.39, 0.29) is 28.7 Å². The highest BCUT2D eigenvalue weighted by molar-refractivity contribution is 14.0. The number of anilines is 1. The lowest BCUT2D eigenvalue weighted by Gasteiger charge is -2.16. The molecule has 0 amide bonds. The highest BCUT2D eigenvalue weighted by Gasteiger charge is 2.18. The van der Waals surface area contributed by atoms with Crippen molar-refractivity contribution in [2.75, 3.05) is 17.6 Å². The molecule has 0 aliphatic carbocycles. The van der Waals surface area contributed by atoms with Gasteiger partial charge in [-0.3, -0.25) is 9.20 Å².